The normalized spacial score (nSPS) is 14.0. The van der Waals surface area contributed by atoms with Gasteiger partial charge in [-0.25, -0.2) is 0 Å². The summed E-state index contributed by atoms with van der Waals surface area (Å²) >= 11 is 0. The van der Waals surface area contributed by atoms with E-state index in [2.05, 4.69) is 27.4 Å². The van der Waals surface area contributed by atoms with E-state index in [1.165, 1.54) is 0 Å². The van der Waals surface area contributed by atoms with Gasteiger partial charge in [0, 0.05) is 0 Å². The Balaban J connectivity index is 3.23. The van der Waals surface area contributed by atoms with Crippen molar-refractivity contribution >= 4 is 0 Å². The third kappa shape index (κ3) is 3.91. The first-order valence-electron chi connectivity index (χ1n) is 3.12. The smallest absolute Gasteiger partial charge is 0.0262 e. The molecular formula is C8H15. The van der Waals surface area contributed by atoms with Crippen LogP contribution in [0.4, 0.5) is 0 Å². The van der Waals surface area contributed by atoms with E-state index in [0.29, 0.717) is 11.8 Å². The topological polar surface area (TPSA) is 0 Å². The van der Waals surface area contributed by atoms with Crippen LogP contribution in [0.2, 0.25) is 0 Å². The Morgan fingerprint density at radius 2 is 2.00 bits per heavy atom. The van der Waals surface area contributed by atoms with Crippen LogP contribution in [-0.2, 0) is 0 Å². The molecule has 47 valence electrons. The molecule has 0 aliphatic heterocycles. The van der Waals surface area contributed by atoms with Crippen molar-refractivity contribution < 1.29 is 0 Å². The summed E-state index contributed by atoms with van der Waals surface area (Å²) in [4.78, 5) is 0. The molecule has 0 N–H and O–H groups in total. The molecule has 0 aromatic heterocycles. The first-order valence-corrected chi connectivity index (χ1v) is 3.12. The van der Waals surface area contributed by atoms with E-state index in [1.54, 1.807) is 0 Å². The van der Waals surface area contributed by atoms with Crippen LogP contribution >= 0.6 is 0 Å². The summed E-state index contributed by atoms with van der Waals surface area (Å²) in [6, 6.07) is 0. The zero-order valence-corrected chi connectivity index (χ0v) is 5.85. The Morgan fingerprint density at radius 1 is 1.50 bits per heavy atom. The summed E-state index contributed by atoms with van der Waals surface area (Å²) in [5.41, 5.74) is 0. The summed E-state index contributed by atoms with van der Waals surface area (Å²) in [6.07, 6.45) is 3.13. The van der Waals surface area contributed by atoms with Crippen molar-refractivity contribution in [1.29, 1.82) is 0 Å². The summed E-state index contributed by atoms with van der Waals surface area (Å²) in [5.74, 6) is 1.19. The van der Waals surface area contributed by atoms with Crippen LogP contribution < -0.4 is 0 Å². The standard InChI is InChI=1S/C8H15/c1-5-8(4)6-7(2)3/h5,7-8H,1-2,6H2,3-4H3. The largest absolute Gasteiger partial charge is 0.103 e. The maximum atomic E-state index is 3.88. The number of hydrogen-bond donors (Lipinski definition) is 0. The van der Waals surface area contributed by atoms with Crippen LogP contribution in [0.1, 0.15) is 20.3 Å². The van der Waals surface area contributed by atoms with Crippen molar-refractivity contribution in [2.24, 2.45) is 11.8 Å². The first kappa shape index (κ1) is 7.74. The summed E-state index contributed by atoms with van der Waals surface area (Å²) in [6.45, 7) is 11.9. The zero-order valence-electron chi connectivity index (χ0n) is 5.85. The van der Waals surface area contributed by atoms with Crippen LogP contribution in [0.25, 0.3) is 0 Å². The fourth-order valence-corrected chi connectivity index (χ4v) is 0.731. The molecule has 0 aliphatic rings. The van der Waals surface area contributed by atoms with Crippen LogP contribution in [-0.4, -0.2) is 0 Å². The van der Waals surface area contributed by atoms with Gasteiger partial charge in [0.2, 0.25) is 0 Å². The highest BCUT2D eigenvalue weighted by molar-refractivity contribution is 4.76. The monoisotopic (exact) mass is 111 g/mol. The molecule has 0 saturated heterocycles. The van der Waals surface area contributed by atoms with Crippen LogP contribution in [0, 0.1) is 18.8 Å². The quantitative estimate of drug-likeness (QED) is 0.491. The second-order valence-corrected chi connectivity index (χ2v) is 2.55. The fourth-order valence-electron chi connectivity index (χ4n) is 0.731. The lowest BCUT2D eigenvalue weighted by Gasteiger charge is -2.06. The Bertz CT molecular complexity index is 62.4. The predicted octanol–water partition coefficient (Wildman–Crippen LogP) is 2.67. The number of hydrogen-bond acceptors (Lipinski definition) is 0. The van der Waals surface area contributed by atoms with Crippen molar-refractivity contribution in [2.45, 2.75) is 20.3 Å². The van der Waals surface area contributed by atoms with Crippen molar-refractivity contribution in [1.82, 2.24) is 0 Å². The van der Waals surface area contributed by atoms with Gasteiger partial charge in [0.1, 0.15) is 0 Å². The van der Waals surface area contributed by atoms with Crippen molar-refractivity contribution in [3.8, 4) is 0 Å². The highest BCUT2D eigenvalue weighted by Gasteiger charge is 1.98. The van der Waals surface area contributed by atoms with Gasteiger partial charge in [-0.2, -0.15) is 0 Å². The number of rotatable bonds is 3. The molecule has 0 heterocycles. The molecular weight excluding hydrogens is 96.1 g/mol. The molecule has 2 unspecified atom stereocenters. The minimum Gasteiger partial charge on any atom is -0.103 e. The van der Waals surface area contributed by atoms with E-state index in [1.807, 2.05) is 6.08 Å². The fraction of sp³-hybridized carbons (Fsp3) is 0.625. The van der Waals surface area contributed by atoms with Gasteiger partial charge in [0.15, 0.2) is 0 Å². The Labute approximate surface area is 52.6 Å². The average Bonchev–Trinajstić information content (AvgIpc) is 1.65. The van der Waals surface area contributed by atoms with Crippen molar-refractivity contribution in [2.75, 3.05) is 0 Å². The summed E-state index contributed by atoms with van der Waals surface area (Å²) < 4.78 is 0. The van der Waals surface area contributed by atoms with E-state index in [-0.39, 0.29) is 0 Å². The van der Waals surface area contributed by atoms with Gasteiger partial charge in [-0.15, -0.1) is 6.58 Å². The van der Waals surface area contributed by atoms with E-state index >= 15 is 0 Å². The molecule has 0 bridgehead atoms. The van der Waals surface area contributed by atoms with Gasteiger partial charge in [-0.05, 0) is 18.3 Å². The van der Waals surface area contributed by atoms with Crippen molar-refractivity contribution in [3.05, 3.63) is 19.6 Å². The molecule has 0 spiro atoms. The molecule has 0 rings (SSSR count). The van der Waals surface area contributed by atoms with Gasteiger partial charge >= 0.3 is 0 Å². The Hall–Kier alpha value is -0.260. The second kappa shape index (κ2) is 3.71. The molecule has 0 nitrogen and oxygen atoms in total. The summed E-state index contributed by atoms with van der Waals surface area (Å²) in [7, 11) is 0. The highest BCUT2D eigenvalue weighted by atomic mass is 14.0. The van der Waals surface area contributed by atoms with Gasteiger partial charge in [-0.1, -0.05) is 26.8 Å². The molecule has 2 atom stereocenters. The van der Waals surface area contributed by atoms with E-state index < -0.39 is 0 Å². The molecule has 1 radical (unpaired) electrons. The van der Waals surface area contributed by atoms with Gasteiger partial charge in [-0.3, -0.25) is 0 Å². The molecule has 0 aromatic carbocycles. The van der Waals surface area contributed by atoms with Crippen molar-refractivity contribution in [3.63, 3.8) is 0 Å². The van der Waals surface area contributed by atoms with Crippen LogP contribution in [0.15, 0.2) is 12.7 Å². The minimum absolute atomic E-state index is 0.558. The maximum Gasteiger partial charge on any atom is -0.0262 e. The third-order valence-corrected chi connectivity index (χ3v) is 1.18. The Kier molecular flexibility index (Phi) is 3.59. The van der Waals surface area contributed by atoms with Gasteiger partial charge in [0.25, 0.3) is 0 Å². The first-order chi connectivity index (χ1) is 3.66. The highest BCUT2D eigenvalue weighted by Crippen LogP contribution is 2.09. The van der Waals surface area contributed by atoms with Crippen LogP contribution in [0.3, 0.4) is 0 Å². The molecule has 8 heavy (non-hydrogen) atoms. The average molecular weight is 111 g/mol. The lowest BCUT2D eigenvalue weighted by molar-refractivity contribution is 0.542. The number of allylic oxidation sites excluding steroid dienone is 1. The zero-order chi connectivity index (χ0) is 6.57. The van der Waals surface area contributed by atoms with E-state index in [0.717, 1.165) is 6.42 Å². The maximum absolute atomic E-state index is 3.88. The Morgan fingerprint density at radius 3 is 2.12 bits per heavy atom. The summed E-state index contributed by atoms with van der Waals surface area (Å²) in [5, 5.41) is 0. The lowest BCUT2D eigenvalue weighted by Crippen LogP contribution is -1.95. The van der Waals surface area contributed by atoms with E-state index in [9.17, 15) is 0 Å². The molecule has 0 aromatic rings. The SMILES string of the molecule is [CH2]C(C)CC(C)C=C. The molecule has 0 fully saturated rings. The molecule has 0 heteroatoms. The molecule has 0 saturated carbocycles. The lowest BCUT2D eigenvalue weighted by atomic mass is 9.99. The molecule has 0 amide bonds. The van der Waals surface area contributed by atoms with Gasteiger partial charge < -0.3 is 0 Å². The van der Waals surface area contributed by atoms with E-state index in [4.69, 9.17) is 0 Å². The third-order valence-electron chi connectivity index (χ3n) is 1.18. The van der Waals surface area contributed by atoms with Crippen LogP contribution in [0.5, 0.6) is 0 Å². The second-order valence-electron chi connectivity index (χ2n) is 2.55. The minimum atomic E-state index is 0.558. The molecule has 0 aliphatic carbocycles. The predicted molar refractivity (Wildman–Crippen MR) is 38.5 cm³/mol. The van der Waals surface area contributed by atoms with Gasteiger partial charge in [0.05, 0.1) is 0 Å².